The Bertz CT molecular complexity index is 1240. The van der Waals surface area contributed by atoms with E-state index in [1.54, 1.807) is 30.3 Å². The van der Waals surface area contributed by atoms with E-state index >= 15 is 0 Å². The summed E-state index contributed by atoms with van der Waals surface area (Å²) in [5.74, 6) is -1.30. The SMILES string of the molecule is Cc1ccc(NC(=O)OCc2cc(C#N)c3c(c2)C(=O)N(C2CCC(=O)NC2=O)C3)cc1Cl. The first-order chi connectivity index (χ1) is 15.8. The number of carbonyl (C=O) groups is 4. The predicted molar refractivity (Wildman–Crippen MR) is 117 cm³/mol. The zero-order valence-electron chi connectivity index (χ0n) is 17.6. The van der Waals surface area contributed by atoms with Crippen LogP contribution in [-0.4, -0.2) is 34.8 Å². The van der Waals surface area contributed by atoms with E-state index in [1.807, 2.05) is 6.92 Å². The molecule has 0 aromatic heterocycles. The van der Waals surface area contributed by atoms with Gasteiger partial charge in [-0.05, 0) is 48.7 Å². The number of ether oxygens (including phenoxy) is 1. The number of benzene rings is 2. The Balaban J connectivity index is 1.47. The summed E-state index contributed by atoms with van der Waals surface area (Å²) in [6, 6.07) is 9.45. The molecule has 1 unspecified atom stereocenters. The summed E-state index contributed by atoms with van der Waals surface area (Å²) in [4.78, 5) is 50.2. The lowest BCUT2D eigenvalue weighted by atomic mass is 10.0. The van der Waals surface area contributed by atoms with Crippen LogP contribution in [0.1, 0.15) is 45.5 Å². The van der Waals surface area contributed by atoms with Crippen LogP contribution in [0, 0.1) is 18.3 Å². The summed E-state index contributed by atoms with van der Waals surface area (Å²) in [5.41, 5.74) is 2.85. The summed E-state index contributed by atoms with van der Waals surface area (Å²) in [6.45, 7) is 1.77. The Labute approximate surface area is 194 Å². The van der Waals surface area contributed by atoms with Gasteiger partial charge in [-0.1, -0.05) is 17.7 Å². The lowest BCUT2D eigenvalue weighted by Crippen LogP contribution is -2.52. The summed E-state index contributed by atoms with van der Waals surface area (Å²) < 4.78 is 5.24. The fourth-order valence-corrected chi connectivity index (χ4v) is 4.06. The molecule has 2 aromatic carbocycles. The topological polar surface area (TPSA) is 129 Å². The number of imide groups is 1. The van der Waals surface area contributed by atoms with E-state index in [0.29, 0.717) is 21.8 Å². The normalized spacial score (nSPS) is 17.3. The van der Waals surface area contributed by atoms with Crippen LogP contribution >= 0.6 is 11.6 Å². The van der Waals surface area contributed by atoms with Crippen LogP contribution in [0.15, 0.2) is 30.3 Å². The van der Waals surface area contributed by atoms with Crippen LogP contribution < -0.4 is 10.6 Å². The smallest absolute Gasteiger partial charge is 0.411 e. The minimum absolute atomic E-state index is 0.0964. The molecule has 168 valence electrons. The molecule has 0 aliphatic carbocycles. The number of halogens is 1. The van der Waals surface area contributed by atoms with Gasteiger partial charge in [0.25, 0.3) is 5.91 Å². The molecule has 1 fully saturated rings. The van der Waals surface area contributed by atoms with Gasteiger partial charge >= 0.3 is 6.09 Å². The van der Waals surface area contributed by atoms with Gasteiger partial charge in [0.05, 0.1) is 11.6 Å². The standard InChI is InChI=1S/C23H19ClN4O5/c1-12-2-3-15(8-18(12)24)26-23(32)33-11-13-6-14(9-25)17-10-28(22(31)16(17)7-13)19-4-5-20(29)27-21(19)30/h2-3,6-8,19H,4-5,10-11H2,1H3,(H,26,32)(H,27,29,30). The van der Waals surface area contributed by atoms with E-state index in [0.717, 1.165) is 5.56 Å². The Morgan fingerprint density at radius 3 is 2.79 bits per heavy atom. The first-order valence-electron chi connectivity index (χ1n) is 10.2. The second kappa shape index (κ2) is 8.92. The van der Waals surface area contributed by atoms with Gasteiger partial charge in [-0.15, -0.1) is 0 Å². The van der Waals surface area contributed by atoms with Gasteiger partial charge in [-0.2, -0.15) is 5.26 Å². The second-order valence-corrected chi connectivity index (χ2v) is 8.25. The molecule has 2 N–H and O–H groups in total. The average Bonchev–Trinajstić information content (AvgIpc) is 3.10. The minimum atomic E-state index is -0.777. The summed E-state index contributed by atoms with van der Waals surface area (Å²) >= 11 is 6.06. The number of hydrogen-bond acceptors (Lipinski definition) is 6. The van der Waals surface area contributed by atoms with Crippen molar-refractivity contribution in [2.45, 2.75) is 39.0 Å². The number of nitrogens with one attached hydrogen (secondary N) is 2. The van der Waals surface area contributed by atoms with Crippen LogP contribution in [0.4, 0.5) is 10.5 Å². The third-order valence-electron chi connectivity index (χ3n) is 5.62. The van der Waals surface area contributed by atoms with Gasteiger partial charge in [0.1, 0.15) is 12.6 Å². The van der Waals surface area contributed by atoms with Crippen molar-refractivity contribution >= 4 is 41.1 Å². The number of hydrogen-bond donors (Lipinski definition) is 2. The van der Waals surface area contributed by atoms with Crippen LogP contribution in [-0.2, 0) is 27.5 Å². The molecule has 2 heterocycles. The van der Waals surface area contributed by atoms with E-state index in [9.17, 15) is 24.4 Å². The number of rotatable bonds is 4. The van der Waals surface area contributed by atoms with Gasteiger partial charge < -0.3 is 9.64 Å². The Morgan fingerprint density at radius 1 is 1.30 bits per heavy atom. The van der Waals surface area contributed by atoms with E-state index in [4.69, 9.17) is 16.3 Å². The summed E-state index contributed by atoms with van der Waals surface area (Å²) in [6.07, 6.45) is -0.349. The molecule has 0 spiro atoms. The highest BCUT2D eigenvalue weighted by atomic mass is 35.5. The highest BCUT2D eigenvalue weighted by Gasteiger charge is 2.40. The van der Waals surface area contributed by atoms with E-state index in [-0.39, 0.29) is 43.0 Å². The molecule has 10 heteroatoms. The molecule has 4 amide bonds. The number of carbonyl (C=O) groups excluding carboxylic acids is 4. The van der Waals surface area contributed by atoms with Gasteiger partial charge in [-0.3, -0.25) is 25.0 Å². The highest BCUT2D eigenvalue weighted by molar-refractivity contribution is 6.31. The van der Waals surface area contributed by atoms with Gasteiger partial charge in [0.2, 0.25) is 11.8 Å². The van der Waals surface area contributed by atoms with Crippen molar-refractivity contribution in [2.24, 2.45) is 0 Å². The molecule has 2 aliphatic heterocycles. The van der Waals surface area contributed by atoms with Crippen molar-refractivity contribution in [1.29, 1.82) is 5.26 Å². The van der Waals surface area contributed by atoms with Crippen molar-refractivity contribution in [3.8, 4) is 6.07 Å². The maximum atomic E-state index is 13.0. The monoisotopic (exact) mass is 466 g/mol. The highest BCUT2D eigenvalue weighted by Crippen LogP contribution is 2.31. The molecule has 4 rings (SSSR count). The Hall–Kier alpha value is -3.90. The van der Waals surface area contributed by atoms with Crippen molar-refractivity contribution in [3.63, 3.8) is 0 Å². The number of anilines is 1. The number of piperidine rings is 1. The van der Waals surface area contributed by atoms with Gasteiger partial charge in [0, 0.05) is 34.8 Å². The number of aryl methyl sites for hydroxylation is 1. The van der Waals surface area contributed by atoms with Crippen molar-refractivity contribution < 1.29 is 23.9 Å². The van der Waals surface area contributed by atoms with Crippen LogP contribution in [0.3, 0.4) is 0 Å². The molecule has 9 nitrogen and oxygen atoms in total. The van der Waals surface area contributed by atoms with Gasteiger partial charge in [0.15, 0.2) is 0 Å². The fraction of sp³-hybridized carbons (Fsp3) is 0.261. The number of nitrogens with zero attached hydrogens (tertiary/aromatic N) is 2. The summed E-state index contributed by atoms with van der Waals surface area (Å²) in [7, 11) is 0. The molecule has 0 bridgehead atoms. The quantitative estimate of drug-likeness (QED) is 0.666. The zero-order valence-corrected chi connectivity index (χ0v) is 18.4. The van der Waals surface area contributed by atoms with Crippen LogP contribution in [0.5, 0.6) is 0 Å². The third kappa shape index (κ3) is 4.52. The number of fused-ring (bicyclic) bond motifs is 1. The fourth-order valence-electron chi connectivity index (χ4n) is 3.88. The second-order valence-electron chi connectivity index (χ2n) is 7.85. The zero-order chi connectivity index (χ0) is 23.7. The minimum Gasteiger partial charge on any atom is -0.444 e. The number of amides is 4. The van der Waals surface area contributed by atoms with Crippen molar-refractivity contribution in [2.75, 3.05) is 5.32 Å². The van der Waals surface area contributed by atoms with E-state index in [1.165, 1.54) is 4.90 Å². The maximum absolute atomic E-state index is 13.0. The van der Waals surface area contributed by atoms with Crippen molar-refractivity contribution in [1.82, 2.24) is 10.2 Å². The molecular weight excluding hydrogens is 448 g/mol. The predicted octanol–water partition coefficient (Wildman–Crippen LogP) is 3.03. The van der Waals surface area contributed by atoms with E-state index < -0.39 is 23.9 Å². The number of nitriles is 1. The molecule has 0 radical (unpaired) electrons. The first kappa shape index (κ1) is 22.3. The van der Waals surface area contributed by atoms with Crippen LogP contribution in [0.2, 0.25) is 5.02 Å². The van der Waals surface area contributed by atoms with E-state index in [2.05, 4.69) is 16.7 Å². The molecule has 1 atom stereocenters. The lowest BCUT2D eigenvalue weighted by Gasteiger charge is -2.29. The van der Waals surface area contributed by atoms with Gasteiger partial charge in [-0.25, -0.2) is 4.79 Å². The lowest BCUT2D eigenvalue weighted by molar-refractivity contribution is -0.136. The Morgan fingerprint density at radius 2 is 2.09 bits per heavy atom. The van der Waals surface area contributed by atoms with Crippen LogP contribution in [0.25, 0.3) is 0 Å². The molecule has 2 aliphatic rings. The van der Waals surface area contributed by atoms with Crippen molar-refractivity contribution in [3.05, 3.63) is 63.2 Å². The Kier molecular flexibility index (Phi) is 6.03. The molecular formula is C23H19ClN4O5. The summed E-state index contributed by atoms with van der Waals surface area (Å²) in [5, 5.41) is 14.9. The first-order valence-corrected chi connectivity index (χ1v) is 10.5. The molecule has 1 saturated heterocycles. The maximum Gasteiger partial charge on any atom is 0.411 e. The third-order valence-corrected chi connectivity index (χ3v) is 6.03. The molecule has 0 saturated carbocycles. The molecule has 2 aromatic rings. The molecule has 33 heavy (non-hydrogen) atoms. The average molecular weight is 467 g/mol. The largest absolute Gasteiger partial charge is 0.444 e.